The number of aldehydes is 1. The van der Waals surface area contributed by atoms with E-state index < -0.39 is 5.97 Å². The summed E-state index contributed by atoms with van der Waals surface area (Å²) in [6.07, 6.45) is 1.67. The molecule has 90 valence electrons. The molecule has 0 fully saturated rings. The first-order valence-electron chi connectivity index (χ1n) is 4.74. The second-order valence-electron chi connectivity index (χ2n) is 3.14. The van der Waals surface area contributed by atoms with Crippen molar-refractivity contribution in [1.29, 1.82) is 0 Å². The summed E-state index contributed by atoms with van der Waals surface area (Å²) in [6.45, 7) is 0. The molecule has 5 nitrogen and oxygen atoms in total. The zero-order valence-electron chi connectivity index (χ0n) is 9.47. The average molecular weight is 236 g/mol. The van der Waals surface area contributed by atoms with E-state index in [4.69, 9.17) is 4.74 Å². The van der Waals surface area contributed by atoms with E-state index in [0.29, 0.717) is 17.6 Å². The minimum atomic E-state index is -0.745. The highest BCUT2D eigenvalue weighted by Gasteiger charge is 2.10. The Balaban J connectivity index is 3.23. The molecule has 0 aliphatic heterocycles. The van der Waals surface area contributed by atoms with Gasteiger partial charge in [-0.05, 0) is 24.3 Å². The Hall–Kier alpha value is -2.30. The van der Waals surface area contributed by atoms with Crippen LogP contribution in [-0.4, -0.2) is 31.6 Å². The third kappa shape index (κ3) is 3.07. The summed E-state index contributed by atoms with van der Waals surface area (Å²) in [5.74, 6) is -0.302. The first kappa shape index (κ1) is 12.8. The maximum Gasteiger partial charge on any atom is 0.341 e. The van der Waals surface area contributed by atoms with Gasteiger partial charge in [-0.1, -0.05) is 0 Å². The van der Waals surface area contributed by atoms with Gasteiger partial charge in [0.1, 0.15) is 17.1 Å². The van der Waals surface area contributed by atoms with Crippen LogP contribution in [-0.2, 0) is 14.3 Å². The SMILES string of the molecule is COC(=O)/C(C=O)=C/c1cc(O)ccc1OC. The second kappa shape index (κ2) is 5.69. The fraction of sp³-hybridized carbons (Fsp3) is 0.167. The Morgan fingerprint density at radius 3 is 2.59 bits per heavy atom. The lowest BCUT2D eigenvalue weighted by Gasteiger charge is -2.05. The van der Waals surface area contributed by atoms with Crippen LogP contribution in [0.3, 0.4) is 0 Å². The van der Waals surface area contributed by atoms with Crippen LogP contribution >= 0.6 is 0 Å². The van der Waals surface area contributed by atoms with E-state index in [9.17, 15) is 14.7 Å². The first-order valence-corrected chi connectivity index (χ1v) is 4.74. The normalized spacial score (nSPS) is 10.8. The fourth-order valence-electron chi connectivity index (χ4n) is 1.26. The summed E-state index contributed by atoms with van der Waals surface area (Å²) in [7, 11) is 2.63. The Kier molecular flexibility index (Phi) is 4.28. The van der Waals surface area contributed by atoms with Crippen LogP contribution in [0.25, 0.3) is 6.08 Å². The van der Waals surface area contributed by atoms with Crippen LogP contribution < -0.4 is 4.74 Å². The average Bonchev–Trinajstić information content (AvgIpc) is 2.35. The number of carbonyl (C=O) groups is 2. The lowest BCUT2D eigenvalue weighted by molar-refractivity contribution is -0.136. The van der Waals surface area contributed by atoms with E-state index in [2.05, 4.69) is 4.74 Å². The van der Waals surface area contributed by atoms with Gasteiger partial charge in [0, 0.05) is 5.56 Å². The van der Waals surface area contributed by atoms with Gasteiger partial charge in [-0.15, -0.1) is 0 Å². The third-order valence-electron chi connectivity index (χ3n) is 2.07. The Bertz CT molecular complexity index is 462. The van der Waals surface area contributed by atoms with Crippen LogP contribution in [0.2, 0.25) is 0 Å². The molecule has 5 heteroatoms. The third-order valence-corrected chi connectivity index (χ3v) is 2.07. The highest BCUT2D eigenvalue weighted by molar-refractivity contribution is 6.11. The molecule has 0 atom stereocenters. The zero-order chi connectivity index (χ0) is 12.8. The lowest BCUT2D eigenvalue weighted by Crippen LogP contribution is -2.05. The second-order valence-corrected chi connectivity index (χ2v) is 3.14. The van der Waals surface area contributed by atoms with Crippen molar-refractivity contribution in [2.24, 2.45) is 0 Å². The minimum absolute atomic E-state index is 0.00663. The molecule has 1 aromatic carbocycles. The lowest BCUT2D eigenvalue weighted by atomic mass is 10.1. The molecule has 0 aromatic heterocycles. The van der Waals surface area contributed by atoms with Crippen LogP contribution in [0.15, 0.2) is 23.8 Å². The summed E-state index contributed by atoms with van der Waals surface area (Å²) in [5, 5.41) is 9.33. The predicted molar refractivity (Wildman–Crippen MR) is 60.7 cm³/mol. The van der Waals surface area contributed by atoms with Gasteiger partial charge in [0.05, 0.1) is 14.2 Å². The number of phenolic OH excluding ortho intramolecular Hbond substituents is 1. The van der Waals surface area contributed by atoms with Gasteiger partial charge in [-0.25, -0.2) is 4.79 Å². The topological polar surface area (TPSA) is 72.8 Å². The van der Waals surface area contributed by atoms with Crippen LogP contribution in [0.1, 0.15) is 5.56 Å². The van der Waals surface area contributed by atoms with Crippen molar-refractivity contribution in [3.05, 3.63) is 29.3 Å². The number of ether oxygens (including phenoxy) is 2. The highest BCUT2D eigenvalue weighted by atomic mass is 16.5. The molecule has 0 spiro atoms. The number of rotatable bonds is 4. The minimum Gasteiger partial charge on any atom is -0.508 e. The molecule has 0 saturated heterocycles. The van der Waals surface area contributed by atoms with Gasteiger partial charge in [-0.2, -0.15) is 0 Å². The molecule has 0 radical (unpaired) electrons. The van der Waals surface area contributed by atoms with Crippen molar-refractivity contribution >= 4 is 18.3 Å². The van der Waals surface area contributed by atoms with Crippen molar-refractivity contribution in [3.8, 4) is 11.5 Å². The molecule has 17 heavy (non-hydrogen) atoms. The van der Waals surface area contributed by atoms with E-state index in [1.807, 2.05) is 0 Å². The Labute approximate surface area is 98.3 Å². The molecule has 0 aliphatic rings. The number of carbonyl (C=O) groups excluding carboxylic acids is 2. The summed E-state index contributed by atoms with van der Waals surface area (Å²) in [6, 6.07) is 4.35. The van der Waals surface area contributed by atoms with Crippen LogP contribution in [0.5, 0.6) is 11.5 Å². The number of hydrogen-bond acceptors (Lipinski definition) is 5. The number of benzene rings is 1. The van der Waals surface area contributed by atoms with E-state index in [1.165, 1.54) is 38.5 Å². The molecule has 0 saturated carbocycles. The van der Waals surface area contributed by atoms with E-state index in [-0.39, 0.29) is 11.3 Å². The zero-order valence-corrected chi connectivity index (χ0v) is 9.47. The van der Waals surface area contributed by atoms with E-state index >= 15 is 0 Å². The Morgan fingerprint density at radius 1 is 1.35 bits per heavy atom. The molecule has 1 rings (SSSR count). The van der Waals surface area contributed by atoms with E-state index in [1.54, 1.807) is 0 Å². The first-order chi connectivity index (χ1) is 8.12. The molecule has 0 aliphatic carbocycles. The van der Waals surface area contributed by atoms with Gasteiger partial charge in [0.15, 0.2) is 6.29 Å². The highest BCUT2D eigenvalue weighted by Crippen LogP contribution is 2.25. The van der Waals surface area contributed by atoms with Crippen molar-refractivity contribution < 1.29 is 24.2 Å². The van der Waals surface area contributed by atoms with Crippen molar-refractivity contribution in [2.75, 3.05) is 14.2 Å². The molecular weight excluding hydrogens is 224 g/mol. The molecular formula is C12H12O5. The molecule has 0 unspecified atom stereocenters. The van der Waals surface area contributed by atoms with Gasteiger partial charge < -0.3 is 14.6 Å². The van der Waals surface area contributed by atoms with Crippen LogP contribution in [0, 0.1) is 0 Å². The van der Waals surface area contributed by atoms with Gasteiger partial charge in [-0.3, -0.25) is 4.79 Å². The monoisotopic (exact) mass is 236 g/mol. The largest absolute Gasteiger partial charge is 0.508 e. The Morgan fingerprint density at radius 2 is 2.06 bits per heavy atom. The summed E-state index contributed by atoms with van der Waals surface area (Å²) >= 11 is 0. The number of hydrogen-bond donors (Lipinski definition) is 1. The van der Waals surface area contributed by atoms with Crippen molar-refractivity contribution in [3.63, 3.8) is 0 Å². The standard InChI is InChI=1S/C12H12O5/c1-16-11-4-3-10(14)6-8(11)5-9(7-13)12(15)17-2/h3-7,14H,1-2H3/b9-5+. The molecule has 1 aromatic rings. The van der Waals surface area contributed by atoms with Crippen molar-refractivity contribution in [1.82, 2.24) is 0 Å². The summed E-state index contributed by atoms with van der Waals surface area (Å²) in [4.78, 5) is 21.9. The summed E-state index contributed by atoms with van der Waals surface area (Å²) in [5.41, 5.74) is 0.261. The molecule has 0 bridgehead atoms. The van der Waals surface area contributed by atoms with E-state index in [0.717, 1.165) is 0 Å². The van der Waals surface area contributed by atoms with Gasteiger partial charge >= 0.3 is 5.97 Å². The van der Waals surface area contributed by atoms with Crippen molar-refractivity contribution in [2.45, 2.75) is 0 Å². The number of esters is 1. The molecule has 0 heterocycles. The predicted octanol–water partition coefficient (Wildman–Crippen LogP) is 1.16. The fourth-order valence-corrected chi connectivity index (χ4v) is 1.26. The van der Waals surface area contributed by atoms with Gasteiger partial charge in [0.25, 0.3) is 0 Å². The number of aromatic hydroxyl groups is 1. The quantitative estimate of drug-likeness (QED) is 0.279. The summed E-state index contributed by atoms with van der Waals surface area (Å²) < 4.78 is 9.47. The van der Waals surface area contributed by atoms with Crippen LogP contribution in [0.4, 0.5) is 0 Å². The maximum atomic E-state index is 11.2. The molecule has 0 amide bonds. The smallest absolute Gasteiger partial charge is 0.341 e. The number of methoxy groups -OCH3 is 2. The maximum absolute atomic E-state index is 11.2. The molecule has 1 N–H and O–H groups in total. The van der Waals surface area contributed by atoms with Gasteiger partial charge in [0.2, 0.25) is 0 Å². The number of phenols is 1.